The molecule has 6 heteroatoms. The summed E-state index contributed by atoms with van der Waals surface area (Å²) in [4.78, 5) is 26.1. The number of amides is 2. The summed E-state index contributed by atoms with van der Waals surface area (Å²) in [5, 5.41) is 2.86. The standard InChI is InChI=1S/C21H20N2O4/c1-14-16-4-2-3-5-17(16)21(25)23(14)13-20(24)22-9-8-15-6-7-18-19(12-15)27-11-10-26-18/h2-7,12H,1,8-11,13H2,(H,22,24). The van der Waals surface area contributed by atoms with Crippen molar-refractivity contribution < 1.29 is 19.1 Å². The van der Waals surface area contributed by atoms with Gasteiger partial charge in [-0.25, -0.2) is 0 Å². The molecule has 4 rings (SSSR count). The predicted octanol–water partition coefficient (Wildman–Crippen LogP) is 2.24. The van der Waals surface area contributed by atoms with E-state index in [0.29, 0.717) is 37.4 Å². The Bertz CT molecular complexity index is 887. The molecule has 0 spiro atoms. The Balaban J connectivity index is 1.31. The lowest BCUT2D eigenvalue weighted by molar-refractivity contribution is -0.121. The average molecular weight is 364 g/mol. The van der Waals surface area contributed by atoms with E-state index in [1.165, 1.54) is 4.90 Å². The molecule has 2 aromatic carbocycles. The van der Waals surface area contributed by atoms with Crippen LogP contribution in [-0.4, -0.2) is 43.0 Å². The highest BCUT2D eigenvalue weighted by Gasteiger charge is 2.31. The van der Waals surface area contributed by atoms with Crippen molar-refractivity contribution in [3.05, 3.63) is 65.7 Å². The second-order valence-electron chi connectivity index (χ2n) is 6.46. The number of fused-ring (bicyclic) bond motifs is 2. The predicted molar refractivity (Wildman–Crippen MR) is 101 cm³/mol. The van der Waals surface area contributed by atoms with Gasteiger partial charge in [-0.05, 0) is 30.2 Å². The van der Waals surface area contributed by atoms with Crippen molar-refractivity contribution in [2.75, 3.05) is 26.3 Å². The minimum atomic E-state index is -0.213. The van der Waals surface area contributed by atoms with Crippen LogP contribution in [0.15, 0.2) is 49.0 Å². The first kappa shape index (κ1) is 17.1. The fourth-order valence-corrected chi connectivity index (χ4v) is 3.29. The topological polar surface area (TPSA) is 67.9 Å². The molecule has 0 saturated heterocycles. The fourth-order valence-electron chi connectivity index (χ4n) is 3.29. The molecule has 0 aliphatic carbocycles. The third-order valence-corrected chi connectivity index (χ3v) is 4.68. The van der Waals surface area contributed by atoms with Crippen LogP contribution < -0.4 is 14.8 Å². The molecule has 0 bridgehead atoms. The Morgan fingerprint density at radius 1 is 1.07 bits per heavy atom. The molecule has 6 nitrogen and oxygen atoms in total. The molecule has 2 aliphatic rings. The zero-order valence-electron chi connectivity index (χ0n) is 14.9. The first-order valence-electron chi connectivity index (χ1n) is 8.89. The first-order chi connectivity index (χ1) is 13.1. The van der Waals surface area contributed by atoms with E-state index in [1.807, 2.05) is 30.3 Å². The van der Waals surface area contributed by atoms with Gasteiger partial charge >= 0.3 is 0 Å². The number of nitrogens with one attached hydrogen (secondary N) is 1. The molecule has 1 N–H and O–H groups in total. The number of hydrogen-bond acceptors (Lipinski definition) is 4. The Morgan fingerprint density at radius 3 is 2.59 bits per heavy atom. The Hall–Kier alpha value is -3.28. The van der Waals surface area contributed by atoms with E-state index in [4.69, 9.17) is 9.47 Å². The summed E-state index contributed by atoms with van der Waals surface area (Å²) in [7, 11) is 0. The molecular formula is C21H20N2O4. The zero-order chi connectivity index (χ0) is 18.8. The van der Waals surface area contributed by atoms with E-state index in [-0.39, 0.29) is 18.4 Å². The van der Waals surface area contributed by atoms with E-state index in [2.05, 4.69) is 11.9 Å². The van der Waals surface area contributed by atoms with Gasteiger partial charge in [0.05, 0.1) is 0 Å². The van der Waals surface area contributed by atoms with Crippen LogP contribution in [0.5, 0.6) is 11.5 Å². The smallest absolute Gasteiger partial charge is 0.259 e. The molecule has 0 saturated carbocycles. The number of hydrogen-bond donors (Lipinski definition) is 1. The number of benzene rings is 2. The third kappa shape index (κ3) is 3.38. The van der Waals surface area contributed by atoms with Gasteiger partial charge in [0.2, 0.25) is 5.91 Å². The SMILES string of the molecule is C=C1c2ccccc2C(=O)N1CC(=O)NCCc1ccc2c(c1)OCCO2. The lowest BCUT2D eigenvalue weighted by Crippen LogP contribution is -2.37. The van der Waals surface area contributed by atoms with Gasteiger partial charge in [-0.3, -0.25) is 14.5 Å². The molecule has 138 valence electrons. The Kier molecular flexibility index (Phi) is 4.54. The van der Waals surface area contributed by atoms with E-state index >= 15 is 0 Å². The van der Waals surface area contributed by atoms with Gasteiger partial charge < -0.3 is 14.8 Å². The normalized spacial score (nSPS) is 14.9. The van der Waals surface area contributed by atoms with Crippen LogP contribution in [0, 0.1) is 0 Å². The monoisotopic (exact) mass is 364 g/mol. The molecular weight excluding hydrogens is 344 g/mol. The van der Waals surface area contributed by atoms with Crippen molar-refractivity contribution in [3.8, 4) is 11.5 Å². The molecule has 2 heterocycles. The molecule has 0 fully saturated rings. The maximum Gasteiger partial charge on any atom is 0.259 e. The van der Waals surface area contributed by atoms with Crippen LogP contribution in [0.2, 0.25) is 0 Å². The molecule has 0 atom stereocenters. The van der Waals surface area contributed by atoms with Crippen LogP contribution in [0.3, 0.4) is 0 Å². The van der Waals surface area contributed by atoms with Crippen LogP contribution in [0.4, 0.5) is 0 Å². The second kappa shape index (κ2) is 7.15. The minimum absolute atomic E-state index is 0.0342. The van der Waals surface area contributed by atoms with Crippen molar-refractivity contribution in [1.82, 2.24) is 10.2 Å². The highest BCUT2D eigenvalue weighted by molar-refractivity contribution is 6.10. The maximum absolute atomic E-state index is 12.4. The quantitative estimate of drug-likeness (QED) is 0.884. The molecule has 27 heavy (non-hydrogen) atoms. The van der Waals surface area contributed by atoms with Crippen molar-refractivity contribution in [2.24, 2.45) is 0 Å². The maximum atomic E-state index is 12.4. The molecule has 0 aromatic heterocycles. The summed E-state index contributed by atoms with van der Waals surface area (Å²) >= 11 is 0. The number of nitrogens with zero attached hydrogens (tertiary/aromatic N) is 1. The molecule has 2 amide bonds. The first-order valence-corrected chi connectivity index (χ1v) is 8.89. The van der Waals surface area contributed by atoms with Crippen molar-refractivity contribution >= 4 is 17.5 Å². The summed E-state index contributed by atoms with van der Waals surface area (Å²) in [5.74, 6) is 1.09. The van der Waals surface area contributed by atoms with Gasteiger partial charge in [0, 0.05) is 23.4 Å². The summed E-state index contributed by atoms with van der Waals surface area (Å²) in [6, 6.07) is 13.0. The fraction of sp³-hybridized carbons (Fsp3) is 0.238. The minimum Gasteiger partial charge on any atom is -0.486 e. The van der Waals surface area contributed by atoms with Crippen molar-refractivity contribution in [3.63, 3.8) is 0 Å². The van der Waals surface area contributed by atoms with Gasteiger partial charge in [0.25, 0.3) is 5.91 Å². The van der Waals surface area contributed by atoms with Gasteiger partial charge in [-0.1, -0.05) is 30.8 Å². The van der Waals surface area contributed by atoms with Crippen LogP contribution in [0.1, 0.15) is 21.5 Å². The largest absolute Gasteiger partial charge is 0.486 e. The van der Waals surface area contributed by atoms with Gasteiger partial charge in [0.1, 0.15) is 19.8 Å². The molecule has 0 unspecified atom stereocenters. The van der Waals surface area contributed by atoms with Gasteiger partial charge in [0.15, 0.2) is 11.5 Å². The number of carbonyl (C=O) groups is 2. The average Bonchev–Trinajstić information content (AvgIpc) is 2.93. The summed E-state index contributed by atoms with van der Waals surface area (Å²) < 4.78 is 11.1. The summed E-state index contributed by atoms with van der Waals surface area (Å²) in [5.41, 5.74) is 2.99. The van der Waals surface area contributed by atoms with Crippen LogP contribution >= 0.6 is 0 Å². The van der Waals surface area contributed by atoms with Crippen LogP contribution in [0.25, 0.3) is 5.70 Å². The van der Waals surface area contributed by atoms with Gasteiger partial charge in [-0.15, -0.1) is 0 Å². The lowest BCUT2D eigenvalue weighted by atomic mass is 10.1. The lowest BCUT2D eigenvalue weighted by Gasteiger charge is -2.19. The molecule has 2 aromatic rings. The summed E-state index contributed by atoms with van der Waals surface area (Å²) in [6.07, 6.45) is 0.664. The molecule has 0 radical (unpaired) electrons. The second-order valence-corrected chi connectivity index (χ2v) is 6.46. The van der Waals surface area contributed by atoms with Crippen molar-refractivity contribution in [1.29, 1.82) is 0 Å². The van der Waals surface area contributed by atoms with E-state index in [1.54, 1.807) is 12.1 Å². The third-order valence-electron chi connectivity index (χ3n) is 4.68. The van der Waals surface area contributed by atoms with E-state index < -0.39 is 0 Å². The van der Waals surface area contributed by atoms with E-state index in [0.717, 1.165) is 22.6 Å². The van der Waals surface area contributed by atoms with Gasteiger partial charge in [-0.2, -0.15) is 0 Å². The van der Waals surface area contributed by atoms with Crippen molar-refractivity contribution in [2.45, 2.75) is 6.42 Å². The number of carbonyl (C=O) groups excluding carboxylic acids is 2. The molecule has 2 aliphatic heterocycles. The van der Waals surface area contributed by atoms with E-state index in [9.17, 15) is 9.59 Å². The number of rotatable bonds is 5. The zero-order valence-corrected chi connectivity index (χ0v) is 14.9. The highest BCUT2D eigenvalue weighted by atomic mass is 16.6. The summed E-state index contributed by atoms with van der Waals surface area (Å²) in [6.45, 7) is 5.49. The Morgan fingerprint density at radius 2 is 1.81 bits per heavy atom. The Labute approximate surface area is 157 Å². The van der Waals surface area contributed by atoms with Crippen LogP contribution in [-0.2, 0) is 11.2 Å². The highest BCUT2D eigenvalue weighted by Crippen LogP contribution is 2.31. The number of ether oxygens (including phenoxy) is 2.